The van der Waals surface area contributed by atoms with E-state index in [4.69, 9.17) is 14.5 Å². The van der Waals surface area contributed by atoms with Gasteiger partial charge in [-0.15, -0.1) is 24.0 Å². The predicted molar refractivity (Wildman–Crippen MR) is 137 cm³/mol. The molecule has 3 heterocycles. The first-order chi connectivity index (χ1) is 14.5. The molecule has 0 radical (unpaired) electrons. The summed E-state index contributed by atoms with van der Waals surface area (Å²) in [6, 6.07) is 4.21. The molecule has 2 aliphatic rings. The number of hydrogen-bond donors (Lipinski definition) is 2. The SMILES string of the molecule is CCNC(=NCc1ccc(N2CCOC(C)C2)nc1)NCC(C)(C)N1CCOCC1.I. The van der Waals surface area contributed by atoms with Gasteiger partial charge in [0.15, 0.2) is 5.96 Å². The van der Waals surface area contributed by atoms with E-state index in [0.717, 1.165) is 76.4 Å². The number of nitrogens with zero attached hydrogens (tertiary/aromatic N) is 4. The Balaban J connectivity index is 0.00000341. The lowest BCUT2D eigenvalue weighted by Gasteiger charge is -2.41. The van der Waals surface area contributed by atoms with Crippen LogP contribution in [0.2, 0.25) is 0 Å². The van der Waals surface area contributed by atoms with E-state index >= 15 is 0 Å². The number of morpholine rings is 2. The Kier molecular flexibility index (Phi) is 10.7. The fraction of sp³-hybridized carbons (Fsp3) is 0.727. The van der Waals surface area contributed by atoms with Gasteiger partial charge in [0, 0.05) is 51.0 Å². The third-order valence-electron chi connectivity index (χ3n) is 5.69. The maximum absolute atomic E-state index is 5.62. The number of aliphatic imine (C=N–C) groups is 1. The number of halogens is 1. The van der Waals surface area contributed by atoms with Crippen LogP contribution in [-0.2, 0) is 16.0 Å². The molecule has 0 saturated carbocycles. The summed E-state index contributed by atoms with van der Waals surface area (Å²) in [5.74, 6) is 1.85. The van der Waals surface area contributed by atoms with E-state index in [-0.39, 0.29) is 35.6 Å². The summed E-state index contributed by atoms with van der Waals surface area (Å²) in [6.45, 7) is 17.1. The maximum Gasteiger partial charge on any atom is 0.191 e. The summed E-state index contributed by atoms with van der Waals surface area (Å²) >= 11 is 0. The molecule has 2 N–H and O–H groups in total. The lowest BCUT2D eigenvalue weighted by molar-refractivity contribution is -0.00834. The third kappa shape index (κ3) is 8.03. The maximum atomic E-state index is 5.62. The summed E-state index contributed by atoms with van der Waals surface area (Å²) in [5.41, 5.74) is 1.14. The molecule has 1 aromatic rings. The second-order valence-corrected chi connectivity index (χ2v) is 8.61. The van der Waals surface area contributed by atoms with Crippen LogP contribution in [0.4, 0.5) is 5.82 Å². The highest BCUT2D eigenvalue weighted by Gasteiger charge is 2.28. The fourth-order valence-corrected chi connectivity index (χ4v) is 3.82. The Morgan fingerprint density at radius 2 is 1.97 bits per heavy atom. The zero-order chi connectivity index (χ0) is 21.4. The second-order valence-electron chi connectivity index (χ2n) is 8.61. The van der Waals surface area contributed by atoms with Gasteiger partial charge < -0.3 is 25.0 Å². The highest BCUT2D eigenvalue weighted by molar-refractivity contribution is 14.0. The molecule has 31 heavy (non-hydrogen) atoms. The molecule has 176 valence electrons. The van der Waals surface area contributed by atoms with Gasteiger partial charge in [-0.3, -0.25) is 4.90 Å². The smallest absolute Gasteiger partial charge is 0.191 e. The van der Waals surface area contributed by atoms with Crippen molar-refractivity contribution in [3.05, 3.63) is 23.9 Å². The van der Waals surface area contributed by atoms with E-state index in [9.17, 15) is 0 Å². The van der Waals surface area contributed by atoms with Crippen LogP contribution in [0.25, 0.3) is 0 Å². The van der Waals surface area contributed by atoms with Gasteiger partial charge in [-0.05, 0) is 39.3 Å². The molecule has 2 aliphatic heterocycles. The van der Waals surface area contributed by atoms with Crippen LogP contribution in [0, 0.1) is 0 Å². The van der Waals surface area contributed by atoms with Crippen LogP contribution in [0.3, 0.4) is 0 Å². The van der Waals surface area contributed by atoms with Crippen molar-refractivity contribution in [2.75, 3.05) is 64.0 Å². The zero-order valence-electron chi connectivity index (χ0n) is 19.4. The molecular formula is C22H39IN6O2. The van der Waals surface area contributed by atoms with Crippen LogP contribution in [0.5, 0.6) is 0 Å². The number of rotatable bonds is 7. The van der Waals surface area contributed by atoms with Gasteiger partial charge in [-0.1, -0.05) is 6.07 Å². The predicted octanol–water partition coefficient (Wildman–Crippen LogP) is 2.09. The normalized spacial score (nSPS) is 20.8. The largest absolute Gasteiger partial charge is 0.379 e. The van der Waals surface area contributed by atoms with E-state index in [1.807, 2.05) is 6.20 Å². The minimum absolute atomic E-state index is 0. The summed E-state index contributed by atoms with van der Waals surface area (Å²) in [6.07, 6.45) is 2.18. The average molecular weight is 546 g/mol. The first-order valence-corrected chi connectivity index (χ1v) is 11.1. The topological polar surface area (TPSA) is 74.2 Å². The fourth-order valence-electron chi connectivity index (χ4n) is 3.82. The molecular weight excluding hydrogens is 507 g/mol. The van der Waals surface area contributed by atoms with E-state index in [1.165, 1.54) is 0 Å². The highest BCUT2D eigenvalue weighted by atomic mass is 127. The zero-order valence-corrected chi connectivity index (χ0v) is 21.7. The van der Waals surface area contributed by atoms with Crippen molar-refractivity contribution in [2.45, 2.75) is 45.9 Å². The molecule has 1 atom stereocenters. The Bertz CT molecular complexity index is 679. The highest BCUT2D eigenvalue weighted by Crippen LogP contribution is 2.16. The minimum atomic E-state index is 0. The van der Waals surface area contributed by atoms with Gasteiger partial charge >= 0.3 is 0 Å². The minimum Gasteiger partial charge on any atom is -0.379 e. The molecule has 8 nitrogen and oxygen atoms in total. The number of guanidine groups is 1. The molecule has 0 aliphatic carbocycles. The Labute approximate surface area is 204 Å². The van der Waals surface area contributed by atoms with Crippen molar-refractivity contribution < 1.29 is 9.47 Å². The molecule has 1 unspecified atom stereocenters. The third-order valence-corrected chi connectivity index (χ3v) is 5.69. The van der Waals surface area contributed by atoms with Crippen molar-refractivity contribution in [3.8, 4) is 0 Å². The molecule has 2 saturated heterocycles. The van der Waals surface area contributed by atoms with Gasteiger partial charge in [-0.25, -0.2) is 9.98 Å². The monoisotopic (exact) mass is 546 g/mol. The van der Waals surface area contributed by atoms with Crippen LogP contribution in [-0.4, -0.2) is 86.6 Å². The number of anilines is 1. The molecule has 0 bridgehead atoms. The first-order valence-electron chi connectivity index (χ1n) is 11.1. The average Bonchev–Trinajstić information content (AvgIpc) is 2.77. The number of aromatic nitrogens is 1. The molecule has 0 aromatic carbocycles. The van der Waals surface area contributed by atoms with Gasteiger partial charge in [0.25, 0.3) is 0 Å². The van der Waals surface area contributed by atoms with Gasteiger partial charge in [0.1, 0.15) is 5.82 Å². The van der Waals surface area contributed by atoms with Crippen molar-refractivity contribution in [2.24, 2.45) is 4.99 Å². The molecule has 3 rings (SSSR count). The van der Waals surface area contributed by atoms with Gasteiger partial charge in [-0.2, -0.15) is 0 Å². The van der Waals surface area contributed by atoms with Crippen molar-refractivity contribution in [3.63, 3.8) is 0 Å². The Morgan fingerprint density at radius 1 is 1.19 bits per heavy atom. The summed E-state index contributed by atoms with van der Waals surface area (Å²) in [4.78, 5) is 14.2. The molecule has 1 aromatic heterocycles. The van der Waals surface area contributed by atoms with Crippen molar-refractivity contribution >= 4 is 35.8 Å². The van der Waals surface area contributed by atoms with Crippen LogP contribution in [0.1, 0.15) is 33.3 Å². The summed E-state index contributed by atoms with van der Waals surface area (Å²) in [5, 5.41) is 6.86. The summed E-state index contributed by atoms with van der Waals surface area (Å²) in [7, 11) is 0. The van der Waals surface area contributed by atoms with Crippen molar-refractivity contribution in [1.29, 1.82) is 0 Å². The first kappa shape index (κ1) is 26.1. The van der Waals surface area contributed by atoms with E-state index in [0.29, 0.717) is 6.54 Å². The van der Waals surface area contributed by atoms with Crippen LogP contribution >= 0.6 is 24.0 Å². The molecule has 0 amide bonds. The number of hydrogen-bond acceptors (Lipinski definition) is 6. The lowest BCUT2D eigenvalue weighted by atomic mass is 10.0. The Morgan fingerprint density at radius 3 is 2.61 bits per heavy atom. The molecule has 2 fully saturated rings. The second kappa shape index (κ2) is 12.8. The lowest BCUT2D eigenvalue weighted by Crippen LogP contribution is -2.56. The number of ether oxygens (including phenoxy) is 2. The number of pyridine rings is 1. The molecule has 9 heteroatoms. The van der Waals surface area contributed by atoms with E-state index in [1.54, 1.807) is 0 Å². The van der Waals surface area contributed by atoms with Gasteiger partial charge in [0.05, 0.1) is 32.5 Å². The van der Waals surface area contributed by atoms with E-state index in [2.05, 4.69) is 65.2 Å². The van der Waals surface area contributed by atoms with Crippen LogP contribution in [0.15, 0.2) is 23.3 Å². The summed E-state index contributed by atoms with van der Waals surface area (Å²) < 4.78 is 11.1. The quantitative estimate of drug-likeness (QED) is 0.308. The Hall–Kier alpha value is -1.17. The van der Waals surface area contributed by atoms with Gasteiger partial charge in [0.2, 0.25) is 0 Å². The van der Waals surface area contributed by atoms with Crippen molar-refractivity contribution in [1.82, 2.24) is 20.5 Å². The van der Waals surface area contributed by atoms with E-state index < -0.39 is 0 Å². The standard InChI is InChI=1S/C22H38N6O2.HI/c1-5-23-21(26-17-22(3,4)28-9-11-29-12-10-28)25-15-19-6-7-20(24-14-19)27-8-13-30-18(2)16-27;/h6-7,14,18H,5,8-13,15-17H2,1-4H3,(H2,23,25,26);1H. The van der Waals surface area contributed by atoms with Crippen LogP contribution < -0.4 is 15.5 Å². The number of nitrogens with one attached hydrogen (secondary N) is 2. The molecule has 0 spiro atoms.